The van der Waals surface area contributed by atoms with Crippen LogP contribution in [0.3, 0.4) is 0 Å². The molecule has 1 heterocycles. The first-order valence-electron chi connectivity index (χ1n) is 10.7. The third kappa shape index (κ3) is 6.37. The number of carbonyl (C=O) groups excluding carboxylic acids is 1. The standard InChI is InChI=1S/C23H32N4O4S/c1-25-15-17-26(18-16-25)20-12-10-19(11-13-20)24-23(28)9-6-14-27(32(3,29)30)21-7-4-5-8-22(21)31-2/h4-5,7-8,10-13H,6,9,14-18H2,1-3H3,(H,24,28). The predicted octanol–water partition coefficient (Wildman–Crippen LogP) is 2.63. The average molecular weight is 461 g/mol. The number of piperazine rings is 1. The van der Waals surface area contributed by atoms with Gasteiger partial charge in [-0.25, -0.2) is 8.42 Å². The summed E-state index contributed by atoms with van der Waals surface area (Å²) in [6.45, 7) is 4.25. The summed E-state index contributed by atoms with van der Waals surface area (Å²) in [5.41, 5.74) is 2.35. The van der Waals surface area contributed by atoms with Crippen LogP contribution in [0.1, 0.15) is 12.8 Å². The molecule has 9 heteroatoms. The molecule has 32 heavy (non-hydrogen) atoms. The third-order valence-electron chi connectivity index (χ3n) is 5.54. The third-order valence-corrected chi connectivity index (χ3v) is 6.72. The van der Waals surface area contributed by atoms with Crippen molar-refractivity contribution in [1.82, 2.24) is 4.90 Å². The quantitative estimate of drug-likeness (QED) is 0.620. The van der Waals surface area contributed by atoms with Gasteiger partial charge in [0.05, 0.1) is 19.1 Å². The molecule has 3 rings (SSSR count). The monoisotopic (exact) mass is 460 g/mol. The van der Waals surface area contributed by atoms with E-state index in [0.717, 1.165) is 43.8 Å². The van der Waals surface area contributed by atoms with Crippen LogP contribution < -0.4 is 19.3 Å². The summed E-state index contributed by atoms with van der Waals surface area (Å²) in [6, 6.07) is 14.8. The van der Waals surface area contributed by atoms with Gasteiger partial charge >= 0.3 is 0 Å². The number of hydrogen-bond acceptors (Lipinski definition) is 6. The summed E-state index contributed by atoms with van der Waals surface area (Å²) < 4.78 is 31.2. The van der Waals surface area contributed by atoms with Crippen LogP contribution in [0.2, 0.25) is 0 Å². The number of rotatable bonds is 9. The Bertz CT molecular complexity index is 1000. The van der Waals surface area contributed by atoms with Crippen LogP contribution in [-0.2, 0) is 14.8 Å². The molecule has 0 spiro atoms. The fraction of sp³-hybridized carbons (Fsp3) is 0.435. The van der Waals surface area contributed by atoms with E-state index in [1.165, 1.54) is 11.4 Å². The van der Waals surface area contributed by atoms with Crippen molar-refractivity contribution in [2.45, 2.75) is 12.8 Å². The maximum Gasteiger partial charge on any atom is 0.232 e. The molecule has 0 atom stereocenters. The van der Waals surface area contributed by atoms with Gasteiger partial charge in [0, 0.05) is 50.5 Å². The van der Waals surface area contributed by atoms with E-state index in [-0.39, 0.29) is 18.9 Å². The summed E-state index contributed by atoms with van der Waals surface area (Å²) in [4.78, 5) is 17.1. The van der Waals surface area contributed by atoms with Crippen LogP contribution in [0.4, 0.5) is 17.1 Å². The Labute approximate surface area is 190 Å². The van der Waals surface area contributed by atoms with Crippen LogP contribution in [0.15, 0.2) is 48.5 Å². The number of likely N-dealkylation sites (N-methyl/N-ethyl adjacent to an activating group) is 1. The zero-order valence-electron chi connectivity index (χ0n) is 19.0. The van der Waals surface area contributed by atoms with Gasteiger partial charge in [0.15, 0.2) is 0 Å². The molecule has 0 aliphatic carbocycles. The number of ether oxygens (including phenoxy) is 1. The number of hydrogen-bond donors (Lipinski definition) is 1. The molecular weight excluding hydrogens is 428 g/mol. The van der Waals surface area contributed by atoms with Gasteiger partial charge in [-0.05, 0) is 49.9 Å². The van der Waals surface area contributed by atoms with Crippen molar-refractivity contribution in [3.63, 3.8) is 0 Å². The zero-order chi connectivity index (χ0) is 23.1. The van der Waals surface area contributed by atoms with Crippen LogP contribution in [0.25, 0.3) is 0 Å². The van der Waals surface area contributed by atoms with Crippen molar-refractivity contribution in [3.05, 3.63) is 48.5 Å². The number of nitrogens with one attached hydrogen (secondary N) is 1. The minimum Gasteiger partial charge on any atom is -0.495 e. The molecule has 0 saturated carbocycles. The van der Waals surface area contributed by atoms with Gasteiger partial charge in [-0.15, -0.1) is 0 Å². The molecule has 1 saturated heterocycles. The molecule has 0 radical (unpaired) electrons. The van der Waals surface area contributed by atoms with Crippen LogP contribution in [0, 0.1) is 0 Å². The number of sulfonamides is 1. The molecular formula is C23H32N4O4S. The molecule has 1 N–H and O–H groups in total. The summed E-state index contributed by atoms with van der Waals surface area (Å²) >= 11 is 0. The van der Waals surface area contributed by atoms with Gasteiger partial charge < -0.3 is 19.9 Å². The summed E-state index contributed by atoms with van der Waals surface area (Å²) in [5, 5.41) is 2.90. The minimum absolute atomic E-state index is 0.147. The molecule has 1 amide bonds. The van der Waals surface area contributed by atoms with Gasteiger partial charge in [0.25, 0.3) is 0 Å². The van der Waals surface area contributed by atoms with E-state index < -0.39 is 10.0 Å². The number of nitrogens with zero attached hydrogens (tertiary/aromatic N) is 3. The Hall–Kier alpha value is -2.78. The smallest absolute Gasteiger partial charge is 0.232 e. The lowest BCUT2D eigenvalue weighted by atomic mass is 10.2. The fourth-order valence-electron chi connectivity index (χ4n) is 3.73. The molecule has 174 valence electrons. The van der Waals surface area contributed by atoms with Crippen LogP contribution >= 0.6 is 0 Å². The summed E-state index contributed by atoms with van der Waals surface area (Å²) in [7, 11) is 0.116. The number of benzene rings is 2. The van der Waals surface area contributed by atoms with Crippen LogP contribution in [-0.4, -0.2) is 72.4 Å². The number of amides is 1. The van der Waals surface area contributed by atoms with E-state index in [2.05, 4.69) is 22.2 Å². The molecule has 0 aromatic heterocycles. The highest BCUT2D eigenvalue weighted by Gasteiger charge is 2.21. The number of carbonyl (C=O) groups is 1. The second kappa shape index (κ2) is 10.7. The molecule has 2 aromatic rings. The topological polar surface area (TPSA) is 82.2 Å². The van der Waals surface area contributed by atoms with Crippen molar-refractivity contribution < 1.29 is 17.9 Å². The SMILES string of the molecule is COc1ccccc1N(CCCC(=O)Nc1ccc(N2CCN(C)CC2)cc1)S(C)(=O)=O. The normalized spacial score (nSPS) is 14.8. The number of anilines is 3. The molecule has 1 aliphatic rings. The average Bonchev–Trinajstić information content (AvgIpc) is 2.77. The van der Waals surface area contributed by atoms with E-state index in [0.29, 0.717) is 17.9 Å². The first-order chi connectivity index (χ1) is 15.3. The molecule has 1 fully saturated rings. The van der Waals surface area contributed by atoms with Crippen molar-refractivity contribution in [2.24, 2.45) is 0 Å². The summed E-state index contributed by atoms with van der Waals surface area (Å²) in [5.74, 6) is 0.327. The summed E-state index contributed by atoms with van der Waals surface area (Å²) in [6.07, 6.45) is 1.75. The lowest BCUT2D eigenvalue weighted by Gasteiger charge is -2.34. The van der Waals surface area contributed by atoms with E-state index >= 15 is 0 Å². The van der Waals surface area contributed by atoms with Gasteiger partial charge in [-0.3, -0.25) is 9.10 Å². The molecule has 8 nitrogen and oxygen atoms in total. The molecule has 2 aromatic carbocycles. The second-order valence-corrected chi connectivity index (χ2v) is 9.90. The highest BCUT2D eigenvalue weighted by molar-refractivity contribution is 7.92. The number of para-hydroxylation sites is 2. The maximum absolute atomic E-state index is 12.4. The Morgan fingerprint density at radius 3 is 2.34 bits per heavy atom. The fourth-order valence-corrected chi connectivity index (χ4v) is 4.70. The van der Waals surface area contributed by atoms with Gasteiger partial charge in [-0.2, -0.15) is 0 Å². The minimum atomic E-state index is -3.51. The Morgan fingerprint density at radius 1 is 1.06 bits per heavy atom. The Kier molecular flexibility index (Phi) is 7.98. The molecule has 0 bridgehead atoms. The van der Waals surface area contributed by atoms with Gasteiger partial charge in [-0.1, -0.05) is 12.1 Å². The van der Waals surface area contributed by atoms with Crippen molar-refractivity contribution >= 4 is 33.0 Å². The molecule has 0 unspecified atom stereocenters. The van der Waals surface area contributed by atoms with Crippen molar-refractivity contribution in [3.8, 4) is 5.75 Å². The van der Waals surface area contributed by atoms with E-state index in [1.54, 1.807) is 24.3 Å². The lowest BCUT2D eigenvalue weighted by Crippen LogP contribution is -2.44. The van der Waals surface area contributed by atoms with E-state index in [1.807, 2.05) is 24.3 Å². The molecule has 1 aliphatic heterocycles. The van der Waals surface area contributed by atoms with Gasteiger partial charge in [0.1, 0.15) is 5.75 Å². The second-order valence-electron chi connectivity index (χ2n) is 8.00. The largest absolute Gasteiger partial charge is 0.495 e. The van der Waals surface area contributed by atoms with Crippen molar-refractivity contribution in [1.29, 1.82) is 0 Å². The van der Waals surface area contributed by atoms with E-state index in [4.69, 9.17) is 4.74 Å². The number of methoxy groups -OCH3 is 1. The first kappa shape index (κ1) is 23.9. The maximum atomic E-state index is 12.4. The van der Waals surface area contributed by atoms with E-state index in [9.17, 15) is 13.2 Å². The predicted molar refractivity (Wildman–Crippen MR) is 129 cm³/mol. The highest BCUT2D eigenvalue weighted by Crippen LogP contribution is 2.29. The highest BCUT2D eigenvalue weighted by atomic mass is 32.2. The first-order valence-corrected chi connectivity index (χ1v) is 12.6. The zero-order valence-corrected chi connectivity index (χ0v) is 19.8. The van der Waals surface area contributed by atoms with Crippen LogP contribution in [0.5, 0.6) is 5.75 Å². The van der Waals surface area contributed by atoms with Crippen molar-refractivity contribution in [2.75, 3.05) is 67.7 Å². The Morgan fingerprint density at radius 2 is 1.72 bits per heavy atom. The van der Waals surface area contributed by atoms with Gasteiger partial charge in [0.2, 0.25) is 15.9 Å². The Balaban J connectivity index is 1.53. The lowest BCUT2D eigenvalue weighted by molar-refractivity contribution is -0.116.